The summed E-state index contributed by atoms with van der Waals surface area (Å²) in [5, 5.41) is 9.00. The summed E-state index contributed by atoms with van der Waals surface area (Å²) in [7, 11) is 6.18. The van der Waals surface area contributed by atoms with E-state index in [9.17, 15) is 4.79 Å². The Morgan fingerprint density at radius 2 is 1.86 bits per heavy atom. The second kappa shape index (κ2) is 7.91. The molecule has 2 aliphatic rings. The number of hydrogen-bond donors (Lipinski definition) is 0. The molecule has 0 spiro atoms. The molecule has 1 amide bonds. The van der Waals surface area contributed by atoms with E-state index in [1.807, 2.05) is 48.2 Å². The first-order valence-corrected chi connectivity index (χ1v) is 10.2. The van der Waals surface area contributed by atoms with Crippen LogP contribution in [0.2, 0.25) is 0 Å². The molecule has 1 unspecified atom stereocenters. The molecule has 1 fully saturated rings. The van der Waals surface area contributed by atoms with Crippen LogP contribution < -0.4 is 4.90 Å². The fourth-order valence-corrected chi connectivity index (χ4v) is 4.31. The average Bonchev–Trinajstić information content (AvgIpc) is 2.99. The standard InChI is InChI=1S/C21H30N6O/c1-24(2)18-8-6-16(7-9-18)21(28)26-12-10-19-22-23-20(27(19)14-13-26)17-5-4-11-25(3)15-17/h6-9,17H,4-5,10-15H2,1-3H3. The number of amides is 1. The van der Waals surface area contributed by atoms with Gasteiger partial charge in [0.25, 0.3) is 5.91 Å². The quantitative estimate of drug-likeness (QED) is 0.811. The Labute approximate surface area is 166 Å². The second-order valence-electron chi connectivity index (χ2n) is 8.21. The number of benzene rings is 1. The molecule has 150 valence electrons. The molecule has 1 aromatic heterocycles. The molecule has 0 aliphatic carbocycles. The summed E-state index contributed by atoms with van der Waals surface area (Å²) in [5.74, 6) is 2.66. The molecule has 3 heterocycles. The van der Waals surface area contributed by atoms with Gasteiger partial charge in [0, 0.05) is 63.9 Å². The Morgan fingerprint density at radius 3 is 2.57 bits per heavy atom. The Hall–Kier alpha value is -2.41. The second-order valence-corrected chi connectivity index (χ2v) is 8.21. The number of rotatable bonds is 3. The first-order chi connectivity index (χ1) is 13.5. The Balaban J connectivity index is 1.46. The number of fused-ring (bicyclic) bond motifs is 1. The summed E-state index contributed by atoms with van der Waals surface area (Å²) >= 11 is 0. The lowest BCUT2D eigenvalue weighted by molar-refractivity contribution is 0.0758. The van der Waals surface area contributed by atoms with E-state index in [1.165, 1.54) is 12.8 Å². The maximum atomic E-state index is 13.0. The summed E-state index contributed by atoms with van der Waals surface area (Å²) in [6.45, 7) is 4.37. The van der Waals surface area contributed by atoms with Gasteiger partial charge in [-0.25, -0.2) is 0 Å². The molecule has 28 heavy (non-hydrogen) atoms. The molecule has 1 atom stereocenters. The van der Waals surface area contributed by atoms with Gasteiger partial charge >= 0.3 is 0 Å². The molecule has 1 aromatic carbocycles. The highest BCUT2D eigenvalue weighted by Gasteiger charge is 2.28. The zero-order chi connectivity index (χ0) is 19.7. The maximum absolute atomic E-state index is 13.0. The lowest BCUT2D eigenvalue weighted by atomic mass is 9.97. The van der Waals surface area contributed by atoms with E-state index < -0.39 is 0 Å². The monoisotopic (exact) mass is 382 g/mol. The highest BCUT2D eigenvalue weighted by molar-refractivity contribution is 5.94. The van der Waals surface area contributed by atoms with Gasteiger partial charge in [0.15, 0.2) is 0 Å². The van der Waals surface area contributed by atoms with Crippen LogP contribution in [0.1, 0.15) is 40.8 Å². The van der Waals surface area contributed by atoms with Crippen LogP contribution in [0.3, 0.4) is 0 Å². The third-order valence-corrected chi connectivity index (χ3v) is 5.96. The van der Waals surface area contributed by atoms with E-state index in [-0.39, 0.29) is 5.91 Å². The predicted octanol–water partition coefficient (Wildman–Crippen LogP) is 1.85. The first-order valence-electron chi connectivity index (χ1n) is 10.2. The lowest BCUT2D eigenvalue weighted by Gasteiger charge is -2.29. The molecule has 7 heteroatoms. The minimum absolute atomic E-state index is 0.1000. The molecule has 1 saturated heterocycles. The van der Waals surface area contributed by atoms with Gasteiger partial charge in [-0.3, -0.25) is 4.79 Å². The summed E-state index contributed by atoms with van der Waals surface area (Å²) in [6.07, 6.45) is 3.14. The van der Waals surface area contributed by atoms with Crippen molar-refractivity contribution in [2.45, 2.75) is 31.7 Å². The van der Waals surface area contributed by atoms with Crippen LogP contribution in [-0.2, 0) is 13.0 Å². The van der Waals surface area contributed by atoms with Crippen LogP contribution in [-0.4, -0.2) is 77.8 Å². The highest BCUT2D eigenvalue weighted by Crippen LogP contribution is 2.26. The third kappa shape index (κ3) is 3.76. The van der Waals surface area contributed by atoms with Gasteiger partial charge in [-0.2, -0.15) is 0 Å². The fourth-order valence-electron chi connectivity index (χ4n) is 4.31. The Bertz CT molecular complexity index is 828. The van der Waals surface area contributed by atoms with Crippen LogP contribution in [0.4, 0.5) is 5.69 Å². The molecule has 7 nitrogen and oxygen atoms in total. The van der Waals surface area contributed by atoms with Gasteiger partial charge < -0.3 is 19.3 Å². The molecular weight excluding hydrogens is 352 g/mol. The predicted molar refractivity (Wildman–Crippen MR) is 110 cm³/mol. The van der Waals surface area contributed by atoms with Crippen molar-refractivity contribution in [1.82, 2.24) is 24.6 Å². The van der Waals surface area contributed by atoms with Gasteiger partial charge in [0.2, 0.25) is 0 Å². The fraction of sp³-hybridized carbons (Fsp3) is 0.571. The summed E-state index contributed by atoms with van der Waals surface area (Å²) < 4.78 is 2.27. The van der Waals surface area contributed by atoms with Crippen LogP contribution in [0.15, 0.2) is 24.3 Å². The SMILES string of the molecule is CN1CCCC(c2nnc3n2CCN(C(=O)c2ccc(N(C)C)cc2)CC3)C1. The summed E-state index contributed by atoms with van der Waals surface area (Å²) in [4.78, 5) is 19.4. The van der Waals surface area contributed by atoms with Gasteiger partial charge in [-0.1, -0.05) is 0 Å². The van der Waals surface area contributed by atoms with Crippen molar-refractivity contribution < 1.29 is 4.79 Å². The van der Waals surface area contributed by atoms with Gasteiger partial charge in [-0.05, 0) is 50.7 Å². The van der Waals surface area contributed by atoms with Crippen LogP contribution in [0.5, 0.6) is 0 Å². The molecular formula is C21H30N6O. The Morgan fingerprint density at radius 1 is 1.07 bits per heavy atom. The maximum Gasteiger partial charge on any atom is 0.253 e. The number of carbonyl (C=O) groups excluding carboxylic acids is 1. The normalized spacial score (nSPS) is 20.5. The molecule has 2 aliphatic heterocycles. The van der Waals surface area contributed by atoms with E-state index in [0.717, 1.165) is 49.0 Å². The van der Waals surface area contributed by atoms with E-state index in [2.05, 4.69) is 26.7 Å². The number of hydrogen-bond acceptors (Lipinski definition) is 5. The van der Waals surface area contributed by atoms with Crippen molar-refractivity contribution in [3.63, 3.8) is 0 Å². The van der Waals surface area contributed by atoms with Crippen molar-refractivity contribution in [2.75, 3.05) is 52.2 Å². The van der Waals surface area contributed by atoms with Crippen molar-refractivity contribution >= 4 is 11.6 Å². The van der Waals surface area contributed by atoms with Crippen molar-refractivity contribution in [1.29, 1.82) is 0 Å². The van der Waals surface area contributed by atoms with Gasteiger partial charge in [0.1, 0.15) is 11.6 Å². The molecule has 0 N–H and O–H groups in total. The number of piperidine rings is 1. The summed E-state index contributed by atoms with van der Waals surface area (Å²) in [5.41, 5.74) is 1.85. The minimum atomic E-state index is 0.1000. The number of nitrogens with zero attached hydrogens (tertiary/aromatic N) is 6. The largest absolute Gasteiger partial charge is 0.378 e. The number of carbonyl (C=O) groups is 1. The molecule has 4 rings (SSSR count). The topological polar surface area (TPSA) is 57.5 Å². The number of likely N-dealkylation sites (N-methyl/N-ethyl adjacent to an activating group) is 1. The molecule has 0 radical (unpaired) electrons. The first kappa shape index (κ1) is 18.9. The number of likely N-dealkylation sites (tertiary alicyclic amines) is 1. The van der Waals surface area contributed by atoms with Gasteiger partial charge in [0.05, 0.1) is 0 Å². The molecule has 0 bridgehead atoms. The summed E-state index contributed by atoms with van der Waals surface area (Å²) in [6, 6.07) is 7.84. The van der Waals surface area contributed by atoms with Crippen LogP contribution in [0.25, 0.3) is 0 Å². The van der Waals surface area contributed by atoms with E-state index >= 15 is 0 Å². The van der Waals surface area contributed by atoms with E-state index in [1.54, 1.807) is 0 Å². The van der Waals surface area contributed by atoms with Crippen molar-refractivity contribution in [3.05, 3.63) is 41.5 Å². The van der Waals surface area contributed by atoms with E-state index in [0.29, 0.717) is 19.0 Å². The van der Waals surface area contributed by atoms with E-state index in [4.69, 9.17) is 0 Å². The highest BCUT2D eigenvalue weighted by atomic mass is 16.2. The lowest BCUT2D eigenvalue weighted by Crippen LogP contribution is -2.34. The molecule has 0 saturated carbocycles. The minimum Gasteiger partial charge on any atom is -0.378 e. The number of aromatic nitrogens is 3. The zero-order valence-corrected chi connectivity index (χ0v) is 17.1. The van der Waals surface area contributed by atoms with Crippen molar-refractivity contribution in [3.8, 4) is 0 Å². The van der Waals surface area contributed by atoms with Crippen molar-refractivity contribution in [2.24, 2.45) is 0 Å². The van der Waals surface area contributed by atoms with Crippen LogP contribution >= 0.6 is 0 Å². The number of anilines is 1. The molecule has 2 aromatic rings. The van der Waals surface area contributed by atoms with Crippen LogP contribution in [0, 0.1) is 0 Å². The smallest absolute Gasteiger partial charge is 0.253 e. The zero-order valence-electron chi connectivity index (χ0n) is 17.1. The Kier molecular flexibility index (Phi) is 5.35. The third-order valence-electron chi connectivity index (χ3n) is 5.96. The van der Waals surface area contributed by atoms with Gasteiger partial charge in [-0.15, -0.1) is 10.2 Å². The average molecular weight is 383 g/mol.